The van der Waals surface area contributed by atoms with Crippen molar-refractivity contribution in [2.75, 3.05) is 32.8 Å². The summed E-state index contributed by atoms with van der Waals surface area (Å²) in [6.45, 7) is 7.94. The SMILES string of the molecule is CC(C)NC(CN1CCOCC1)C(N)=O. The number of primary amides is 1. The molecule has 3 N–H and O–H groups in total. The molecule has 1 saturated heterocycles. The molecule has 1 amide bonds. The number of morpholine rings is 1. The van der Waals surface area contributed by atoms with Crippen LogP contribution in [0.3, 0.4) is 0 Å². The highest BCUT2D eigenvalue weighted by Crippen LogP contribution is 1.99. The van der Waals surface area contributed by atoms with Crippen LogP contribution in [0, 0.1) is 0 Å². The first-order valence-electron chi connectivity index (χ1n) is 5.45. The Morgan fingerprint density at radius 3 is 2.53 bits per heavy atom. The van der Waals surface area contributed by atoms with E-state index < -0.39 is 0 Å². The fraction of sp³-hybridized carbons (Fsp3) is 0.900. The number of hydrogen-bond donors (Lipinski definition) is 2. The smallest absolute Gasteiger partial charge is 0.235 e. The number of ether oxygens (including phenoxy) is 1. The molecule has 1 rings (SSSR count). The predicted molar refractivity (Wildman–Crippen MR) is 58.5 cm³/mol. The number of carbonyl (C=O) groups excluding carboxylic acids is 1. The van der Waals surface area contributed by atoms with E-state index in [1.165, 1.54) is 0 Å². The Morgan fingerprint density at radius 1 is 1.47 bits per heavy atom. The van der Waals surface area contributed by atoms with Crippen LogP contribution in [0.5, 0.6) is 0 Å². The lowest BCUT2D eigenvalue weighted by atomic mass is 10.2. The van der Waals surface area contributed by atoms with Crippen LogP contribution in [0.2, 0.25) is 0 Å². The van der Waals surface area contributed by atoms with Crippen molar-refractivity contribution in [3.8, 4) is 0 Å². The Kier molecular flexibility index (Phi) is 5.01. The molecule has 1 aliphatic rings. The number of amides is 1. The van der Waals surface area contributed by atoms with Crippen molar-refractivity contribution in [1.29, 1.82) is 0 Å². The van der Waals surface area contributed by atoms with Gasteiger partial charge < -0.3 is 15.8 Å². The van der Waals surface area contributed by atoms with Gasteiger partial charge in [-0.15, -0.1) is 0 Å². The van der Waals surface area contributed by atoms with E-state index >= 15 is 0 Å². The van der Waals surface area contributed by atoms with Crippen LogP contribution in [0.4, 0.5) is 0 Å². The van der Waals surface area contributed by atoms with Crippen molar-refractivity contribution in [2.24, 2.45) is 5.73 Å². The second kappa shape index (κ2) is 6.05. The normalized spacial score (nSPS) is 20.5. The monoisotopic (exact) mass is 215 g/mol. The van der Waals surface area contributed by atoms with Gasteiger partial charge in [0, 0.05) is 25.7 Å². The lowest BCUT2D eigenvalue weighted by Gasteiger charge is -2.30. The number of nitrogens with one attached hydrogen (secondary N) is 1. The summed E-state index contributed by atoms with van der Waals surface area (Å²) in [6, 6.07) is 0.00615. The standard InChI is InChI=1S/C10H21N3O2/c1-8(2)12-9(10(11)14)7-13-3-5-15-6-4-13/h8-9,12H,3-7H2,1-2H3,(H2,11,14). The fourth-order valence-electron chi connectivity index (χ4n) is 1.67. The van der Waals surface area contributed by atoms with Gasteiger partial charge in [-0.2, -0.15) is 0 Å². The summed E-state index contributed by atoms with van der Waals surface area (Å²) in [7, 11) is 0. The molecule has 88 valence electrons. The highest BCUT2D eigenvalue weighted by atomic mass is 16.5. The van der Waals surface area contributed by atoms with Crippen molar-refractivity contribution in [3.63, 3.8) is 0 Å². The summed E-state index contributed by atoms with van der Waals surface area (Å²) < 4.78 is 5.24. The van der Waals surface area contributed by atoms with Crippen LogP contribution in [-0.2, 0) is 9.53 Å². The zero-order valence-corrected chi connectivity index (χ0v) is 9.53. The van der Waals surface area contributed by atoms with Gasteiger partial charge in [0.25, 0.3) is 0 Å². The van der Waals surface area contributed by atoms with E-state index in [-0.39, 0.29) is 18.0 Å². The molecule has 1 aliphatic heterocycles. The van der Waals surface area contributed by atoms with Gasteiger partial charge in [0.2, 0.25) is 5.91 Å². The minimum absolute atomic E-state index is 0.261. The van der Waals surface area contributed by atoms with Gasteiger partial charge in [-0.25, -0.2) is 0 Å². The zero-order chi connectivity index (χ0) is 11.3. The first kappa shape index (κ1) is 12.4. The summed E-state index contributed by atoms with van der Waals surface area (Å²) in [6.07, 6.45) is 0. The lowest BCUT2D eigenvalue weighted by Crippen LogP contribution is -2.53. The van der Waals surface area contributed by atoms with Crippen LogP contribution >= 0.6 is 0 Å². The molecule has 0 saturated carbocycles. The number of hydrogen-bond acceptors (Lipinski definition) is 4. The summed E-state index contributed by atoms with van der Waals surface area (Å²) in [4.78, 5) is 13.4. The van der Waals surface area contributed by atoms with E-state index in [0.717, 1.165) is 26.3 Å². The second-order valence-corrected chi connectivity index (χ2v) is 4.19. The van der Waals surface area contributed by atoms with E-state index in [1.54, 1.807) is 0 Å². The number of carbonyl (C=O) groups is 1. The molecule has 0 aromatic carbocycles. The maximum atomic E-state index is 11.2. The van der Waals surface area contributed by atoms with Gasteiger partial charge in [-0.1, -0.05) is 13.8 Å². The molecule has 1 heterocycles. The van der Waals surface area contributed by atoms with Gasteiger partial charge in [0.15, 0.2) is 0 Å². The van der Waals surface area contributed by atoms with Crippen LogP contribution in [-0.4, -0.2) is 55.7 Å². The molecule has 0 radical (unpaired) electrons. The van der Waals surface area contributed by atoms with Gasteiger partial charge >= 0.3 is 0 Å². The van der Waals surface area contributed by atoms with Crippen molar-refractivity contribution in [1.82, 2.24) is 10.2 Å². The van der Waals surface area contributed by atoms with Crippen LogP contribution in [0.1, 0.15) is 13.8 Å². The van der Waals surface area contributed by atoms with Crippen molar-refractivity contribution in [2.45, 2.75) is 25.9 Å². The summed E-state index contributed by atoms with van der Waals surface area (Å²) >= 11 is 0. The first-order valence-corrected chi connectivity index (χ1v) is 5.45. The molecule has 0 aromatic rings. The zero-order valence-electron chi connectivity index (χ0n) is 9.53. The molecule has 0 spiro atoms. The van der Waals surface area contributed by atoms with Gasteiger partial charge in [-0.05, 0) is 0 Å². The number of nitrogens with two attached hydrogens (primary N) is 1. The molecule has 5 nitrogen and oxygen atoms in total. The maximum absolute atomic E-state index is 11.2. The fourth-order valence-corrected chi connectivity index (χ4v) is 1.67. The van der Waals surface area contributed by atoms with Gasteiger partial charge in [-0.3, -0.25) is 9.69 Å². The lowest BCUT2D eigenvalue weighted by molar-refractivity contribution is -0.121. The number of rotatable bonds is 5. The molecular formula is C10H21N3O2. The van der Waals surface area contributed by atoms with Crippen LogP contribution in [0.15, 0.2) is 0 Å². The molecule has 15 heavy (non-hydrogen) atoms. The number of nitrogens with zero attached hydrogens (tertiary/aromatic N) is 1. The van der Waals surface area contributed by atoms with Crippen molar-refractivity contribution in [3.05, 3.63) is 0 Å². The molecular weight excluding hydrogens is 194 g/mol. The topological polar surface area (TPSA) is 67.6 Å². The minimum Gasteiger partial charge on any atom is -0.379 e. The van der Waals surface area contributed by atoms with Crippen molar-refractivity contribution >= 4 is 5.91 Å². The summed E-state index contributed by atoms with van der Waals surface area (Å²) in [5, 5.41) is 3.17. The summed E-state index contributed by atoms with van der Waals surface area (Å²) in [5.74, 6) is -0.282. The quantitative estimate of drug-likeness (QED) is 0.628. The van der Waals surface area contributed by atoms with Gasteiger partial charge in [0.1, 0.15) is 0 Å². The van der Waals surface area contributed by atoms with Gasteiger partial charge in [0.05, 0.1) is 19.3 Å². The van der Waals surface area contributed by atoms with E-state index in [2.05, 4.69) is 10.2 Å². The summed E-state index contributed by atoms with van der Waals surface area (Å²) in [5.41, 5.74) is 5.34. The molecule has 0 aliphatic carbocycles. The van der Waals surface area contributed by atoms with Crippen molar-refractivity contribution < 1.29 is 9.53 Å². The Morgan fingerprint density at radius 2 is 2.07 bits per heavy atom. The Balaban J connectivity index is 2.38. The average Bonchev–Trinajstić information content (AvgIpc) is 2.17. The Bertz CT molecular complexity index is 203. The van der Waals surface area contributed by atoms with Crippen LogP contribution in [0.25, 0.3) is 0 Å². The largest absolute Gasteiger partial charge is 0.379 e. The molecule has 5 heteroatoms. The second-order valence-electron chi connectivity index (χ2n) is 4.19. The predicted octanol–water partition coefficient (Wildman–Crippen LogP) is -0.829. The molecule has 1 unspecified atom stereocenters. The maximum Gasteiger partial charge on any atom is 0.235 e. The van der Waals surface area contributed by atoms with E-state index in [0.29, 0.717) is 6.54 Å². The first-order chi connectivity index (χ1) is 7.09. The average molecular weight is 215 g/mol. The third-order valence-corrected chi connectivity index (χ3v) is 2.42. The highest BCUT2D eigenvalue weighted by Gasteiger charge is 2.21. The van der Waals surface area contributed by atoms with E-state index in [1.807, 2.05) is 13.8 Å². The highest BCUT2D eigenvalue weighted by molar-refractivity contribution is 5.80. The Hall–Kier alpha value is -0.650. The van der Waals surface area contributed by atoms with E-state index in [9.17, 15) is 4.79 Å². The molecule has 1 fully saturated rings. The third kappa shape index (κ3) is 4.59. The molecule has 0 bridgehead atoms. The Labute approximate surface area is 90.9 Å². The minimum atomic E-state index is -0.282. The molecule has 1 atom stereocenters. The third-order valence-electron chi connectivity index (χ3n) is 2.42. The van der Waals surface area contributed by atoms with Crippen LogP contribution < -0.4 is 11.1 Å². The van der Waals surface area contributed by atoms with E-state index in [4.69, 9.17) is 10.5 Å². The molecule has 0 aromatic heterocycles.